The Labute approximate surface area is 128 Å². The molecule has 0 spiro atoms. The average molecular weight is 289 g/mol. The molecule has 1 aliphatic carbocycles. The standard InChI is InChI=1S/C18H27NO2/c1-20-11-9-19-13-17-6-3-10-21-18(17)16-5-2-4-15(12-16)14-7-8-14/h2,4-5,12,14,17-19H,3,6-11,13H2,1H3. The van der Waals surface area contributed by atoms with E-state index in [1.165, 1.54) is 36.8 Å². The van der Waals surface area contributed by atoms with Crippen molar-refractivity contribution in [3.05, 3.63) is 35.4 Å². The summed E-state index contributed by atoms with van der Waals surface area (Å²) < 4.78 is 11.2. The van der Waals surface area contributed by atoms with E-state index in [4.69, 9.17) is 9.47 Å². The smallest absolute Gasteiger partial charge is 0.0865 e. The fourth-order valence-corrected chi connectivity index (χ4v) is 3.29. The van der Waals surface area contributed by atoms with E-state index in [9.17, 15) is 0 Å². The fraction of sp³-hybridized carbons (Fsp3) is 0.667. The Morgan fingerprint density at radius 3 is 2.90 bits per heavy atom. The summed E-state index contributed by atoms with van der Waals surface area (Å²) in [5.41, 5.74) is 2.88. The maximum absolute atomic E-state index is 6.12. The van der Waals surface area contributed by atoms with Gasteiger partial charge in [-0.15, -0.1) is 0 Å². The van der Waals surface area contributed by atoms with E-state index >= 15 is 0 Å². The van der Waals surface area contributed by atoms with Crippen molar-refractivity contribution in [2.75, 3.05) is 33.4 Å². The first kappa shape index (κ1) is 15.0. The topological polar surface area (TPSA) is 30.5 Å². The third-order valence-electron chi connectivity index (χ3n) is 4.62. The summed E-state index contributed by atoms with van der Waals surface area (Å²) in [6.45, 7) is 3.60. The normalized spacial score (nSPS) is 26.0. The fourth-order valence-electron chi connectivity index (χ4n) is 3.29. The van der Waals surface area contributed by atoms with E-state index in [2.05, 4.69) is 29.6 Å². The van der Waals surface area contributed by atoms with Crippen LogP contribution in [0.25, 0.3) is 0 Å². The van der Waals surface area contributed by atoms with Gasteiger partial charge in [0, 0.05) is 32.7 Å². The molecule has 3 heteroatoms. The Bertz CT molecular complexity index is 445. The van der Waals surface area contributed by atoms with Crippen molar-refractivity contribution < 1.29 is 9.47 Å². The number of methoxy groups -OCH3 is 1. The molecule has 1 saturated carbocycles. The van der Waals surface area contributed by atoms with Gasteiger partial charge in [-0.3, -0.25) is 0 Å². The van der Waals surface area contributed by atoms with Gasteiger partial charge in [-0.05, 0) is 42.7 Å². The predicted octanol–water partition coefficient (Wildman–Crippen LogP) is 3.27. The lowest BCUT2D eigenvalue weighted by molar-refractivity contribution is -0.0280. The second-order valence-corrected chi connectivity index (χ2v) is 6.34. The first-order valence-corrected chi connectivity index (χ1v) is 8.29. The molecule has 1 aromatic rings. The summed E-state index contributed by atoms with van der Waals surface area (Å²) in [4.78, 5) is 0. The molecule has 0 bridgehead atoms. The van der Waals surface area contributed by atoms with E-state index in [0.29, 0.717) is 5.92 Å². The van der Waals surface area contributed by atoms with Crippen LogP contribution in [0.3, 0.4) is 0 Å². The molecule has 1 N–H and O–H groups in total. The van der Waals surface area contributed by atoms with Crippen LogP contribution in [0.15, 0.2) is 24.3 Å². The summed E-state index contributed by atoms with van der Waals surface area (Å²) in [5, 5.41) is 3.50. The number of ether oxygens (including phenoxy) is 2. The first-order chi connectivity index (χ1) is 10.4. The average Bonchev–Trinajstić information content (AvgIpc) is 3.37. The highest BCUT2D eigenvalue weighted by atomic mass is 16.5. The van der Waals surface area contributed by atoms with Crippen LogP contribution in [0.5, 0.6) is 0 Å². The van der Waals surface area contributed by atoms with Gasteiger partial charge < -0.3 is 14.8 Å². The lowest BCUT2D eigenvalue weighted by Gasteiger charge is -2.32. The van der Waals surface area contributed by atoms with Gasteiger partial charge in [0.05, 0.1) is 12.7 Å². The van der Waals surface area contributed by atoms with Gasteiger partial charge in [0.1, 0.15) is 0 Å². The van der Waals surface area contributed by atoms with Gasteiger partial charge in [-0.1, -0.05) is 24.3 Å². The maximum Gasteiger partial charge on any atom is 0.0865 e. The maximum atomic E-state index is 6.12. The van der Waals surface area contributed by atoms with E-state index in [-0.39, 0.29) is 6.10 Å². The molecule has 2 fully saturated rings. The molecule has 1 aliphatic heterocycles. The van der Waals surface area contributed by atoms with Crippen molar-refractivity contribution in [2.45, 2.75) is 37.7 Å². The van der Waals surface area contributed by atoms with Gasteiger partial charge in [-0.2, -0.15) is 0 Å². The largest absolute Gasteiger partial charge is 0.383 e. The van der Waals surface area contributed by atoms with Crippen molar-refractivity contribution in [1.29, 1.82) is 0 Å². The zero-order valence-electron chi connectivity index (χ0n) is 13.0. The number of hydrogen-bond acceptors (Lipinski definition) is 3. The minimum Gasteiger partial charge on any atom is -0.383 e. The van der Waals surface area contributed by atoms with Crippen molar-refractivity contribution >= 4 is 0 Å². The van der Waals surface area contributed by atoms with Crippen LogP contribution < -0.4 is 5.32 Å². The lowest BCUT2D eigenvalue weighted by atomic mass is 9.88. The van der Waals surface area contributed by atoms with E-state index in [0.717, 1.165) is 32.2 Å². The van der Waals surface area contributed by atoms with Crippen LogP contribution >= 0.6 is 0 Å². The Hall–Kier alpha value is -0.900. The molecule has 1 saturated heterocycles. The molecule has 1 heterocycles. The molecule has 2 aliphatic rings. The molecule has 3 nitrogen and oxygen atoms in total. The zero-order chi connectivity index (χ0) is 14.5. The molecule has 3 rings (SSSR count). The van der Waals surface area contributed by atoms with Gasteiger partial charge in [0.2, 0.25) is 0 Å². The third kappa shape index (κ3) is 4.06. The van der Waals surface area contributed by atoms with Crippen molar-refractivity contribution in [2.24, 2.45) is 5.92 Å². The van der Waals surface area contributed by atoms with Gasteiger partial charge >= 0.3 is 0 Å². The van der Waals surface area contributed by atoms with Crippen molar-refractivity contribution in [3.63, 3.8) is 0 Å². The number of hydrogen-bond donors (Lipinski definition) is 1. The minimum absolute atomic E-state index is 0.257. The lowest BCUT2D eigenvalue weighted by Crippen LogP contribution is -2.33. The van der Waals surface area contributed by atoms with E-state index in [1.807, 2.05) is 0 Å². The second-order valence-electron chi connectivity index (χ2n) is 6.34. The van der Waals surface area contributed by atoms with Crippen LogP contribution in [-0.4, -0.2) is 33.4 Å². The molecule has 21 heavy (non-hydrogen) atoms. The molecule has 2 atom stereocenters. The summed E-state index contributed by atoms with van der Waals surface area (Å²) in [6.07, 6.45) is 5.40. The highest BCUT2D eigenvalue weighted by Crippen LogP contribution is 2.42. The van der Waals surface area contributed by atoms with Gasteiger partial charge in [0.15, 0.2) is 0 Å². The summed E-state index contributed by atoms with van der Waals surface area (Å²) >= 11 is 0. The van der Waals surface area contributed by atoms with Crippen LogP contribution in [0.1, 0.15) is 48.8 Å². The molecular weight excluding hydrogens is 262 g/mol. The second kappa shape index (κ2) is 7.39. The number of nitrogens with one attached hydrogen (secondary N) is 1. The summed E-state index contributed by atoms with van der Waals surface area (Å²) in [5.74, 6) is 1.39. The third-order valence-corrected chi connectivity index (χ3v) is 4.62. The number of benzene rings is 1. The van der Waals surface area contributed by atoms with Gasteiger partial charge in [-0.25, -0.2) is 0 Å². The molecule has 0 amide bonds. The monoisotopic (exact) mass is 289 g/mol. The highest BCUT2D eigenvalue weighted by molar-refractivity contribution is 5.31. The minimum atomic E-state index is 0.257. The molecule has 0 radical (unpaired) electrons. The first-order valence-electron chi connectivity index (χ1n) is 8.29. The van der Waals surface area contributed by atoms with E-state index in [1.54, 1.807) is 7.11 Å². The molecular formula is C18H27NO2. The van der Waals surface area contributed by atoms with Crippen molar-refractivity contribution in [1.82, 2.24) is 5.32 Å². The Balaban J connectivity index is 1.63. The Morgan fingerprint density at radius 2 is 2.10 bits per heavy atom. The predicted molar refractivity (Wildman–Crippen MR) is 84.6 cm³/mol. The van der Waals surface area contributed by atoms with Crippen LogP contribution in [0, 0.1) is 5.92 Å². The molecule has 0 aromatic heterocycles. The Kier molecular flexibility index (Phi) is 5.28. The van der Waals surface area contributed by atoms with Crippen LogP contribution in [0.4, 0.5) is 0 Å². The van der Waals surface area contributed by atoms with Crippen molar-refractivity contribution in [3.8, 4) is 0 Å². The number of rotatable bonds is 7. The summed E-state index contributed by atoms with van der Waals surface area (Å²) in [6, 6.07) is 9.10. The zero-order valence-corrected chi connectivity index (χ0v) is 13.0. The molecule has 2 unspecified atom stereocenters. The molecule has 116 valence electrons. The Morgan fingerprint density at radius 1 is 1.24 bits per heavy atom. The quantitative estimate of drug-likeness (QED) is 0.782. The SMILES string of the molecule is COCCNCC1CCCOC1c1cccc(C2CC2)c1. The molecule has 1 aromatic carbocycles. The highest BCUT2D eigenvalue weighted by Gasteiger charge is 2.29. The van der Waals surface area contributed by atoms with E-state index < -0.39 is 0 Å². The van der Waals surface area contributed by atoms with Gasteiger partial charge in [0.25, 0.3) is 0 Å². The van der Waals surface area contributed by atoms with Crippen LogP contribution in [-0.2, 0) is 9.47 Å². The summed E-state index contributed by atoms with van der Waals surface area (Å²) in [7, 11) is 1.75. The van der Waals surface area contributed by atoms with Crippen LogP contribution in [0.2, 0.25) is 0 Å².